The molecule has 5 rings (SSSR count). The van der Waals surface area contributed by atoms with Gasteiger partial charge in [0.25, 0.3) is 0 Å². The fraction of sp³-hybridized carbons (Fsp3) is 0.765. The fourth-order valence-corrected chi connectivity index (χ4v) is 10.8. The van der Waals surface area contributed by atoms with Crippen molar-refractivity contribution in [2.24, 2.45) is 29.6 Å². The van der Waals surface area contributed by atoms with Crippen LogP contribution >= 0.6 is 0 Å². The Morgan fingerprint density at radius 2 is 1.42 bits per heavy atom. The van der Waals surface area contributed by atoms with E-state index in [0.717, 1.165) is 92.8 Å². The number of carbonyl (C=O) groups is 4. The standard InChI is InChI=1S/C51H81N3O8/c1-49(2,3)62-48(58)53-51(6,7)31-33-54(32-13-11-9-10-12-30-50(4,5)52-47(57)60-35-36-20-24-39(59-8)25-21-36)45(55)18-15-19-46(56)61-40-26-29-42-38(34-40)23-28-43-41-17-14-16-37(41)22-27-44(42)43/h20-21,23-25,37,40-44H,9-19,22,26-35H2,1-8H3,(H,52,57)(H,53,58). The van der Waals surface area contributed by atoms with E-state index >= 15 is 0 Å². The largest absolute Gasteiger partial charge is 0.497 e. The molecule has 62 heavy (non-hydrogen) atoms. The lowest BCUT2D eigenvalue weighted by Gasteiger charge is -2.49. The number of amides is 3. The number of fused-ring (bicyclic) bond motifs is 5. The minimum atomic E-state index is -0.607. The highest BCUT2D eigenvalue weighted by molar-refractivity contribution is 5.77. The molecule has 2 N–H and O–H groups in total. The number of hydrogen-bond donors (Lipinski definition) is 2. The van der Waals surface area contributed by atoms with Gasteiger partial charge in [0.05, 0.1) is 7.11 Å². The van der Waals surface area contributed by atoms with Gasteiger partial charge in [-0.05, 0) is 160 Å². The van der Waals surface area contributed by atoms with E-state index in [0.29, 0.717) is 31.8 Å². The van der Waals surface area contributed by atoms with Gasteiger partial charge in [0.15, 0.2) is 0 Å². The molecule has 348 valence electrons. The smallest absolute Gasteiger partial charge is 0.408 e. The summed E-state index contributed by atoms with van der Waals surface area (Å²) in [5, 5.41) is 5.97. The average Bonchev–Trinajstić information content (AvgIpc) is 3.69. The van der Waals surface area contributed by atoms with E-state index in [1.165, 1.54) is 38.5 Å². The molecular formula is C51H81N3O8. The number of nitrogens with one attached hydrogen (secondary N) is 2. The van der Waals surface area contributed by atoms with Gasteiger partial charge in [-0.25, -0.2) is 9.59 Å². The average molecular weight is 864 g/mol. The monoisotopic (exact) mass is 864 g/mol. The van der Waals surface area contributed by atoms with Gasteiger partial charge < -0.3 is 34.5 Å². The summed E-state index contributed by atoms with van der Waals surface area (Å²) in [6.45, 7) is 14.7. The summed E-state index contributed by atoms with van der Waals surface area (Å²) in [6, 6.07) is 7.44. The molecule has 0 heterocycles. The molecule has 0 spiro atoms. The summed E-state index contributed by atoms with van der Waals surface area (Å²) in [4.78, 5) is 53.8. The zero-order chi connectivity index (χ0) is 44.9. The highest BCUT2D eigenvalue weighted by Gasteiger charge is 2.47. The van der Waals surface area contributed by atoms with Crippen LogP contribution in [0, 0.1) is 29.6 Å². The normalized spacial score (nSPS) is 23.5. The molecule has 0 saturated heterocycles. The molecule has 0 radical (unpaired) electrons. The van der Waals surface area contributed by atoms with Crippen LogP contribution < -0.4 is 15.4 Å². The van der Waals surface area contributed by atoms with E-state index in [1.54, 1.807) is 12.7 Å². The van der Waals surface area contributed by atoms with Crippen LogP contribution in [0.15, 0.2) is 35.9 Å². The summed E-state index contributed by atoms with van der Waals surface area (Å²) in [5.74, 6) is 4.88. The quantitative estimate of drug-likeness (QED) is 0.0540. The van der Waals surface area contributed by atoms with Gasteiger partial charge >= 0.3 is 18.2 Å². The van der Waals surface area contributed by atoms with E-state index in [-0.39, 0.29) is 37.4 Å². The fourth-order valence-electron chi connectivity index (χ4n) is 10.8. The molecule has 3 fully saturated rings. The van der Waals surface area contributed by atoms with Crippen LogP contribution in [-0.2, 0) is 30.4 Å². The second-order valence-corrected chi connectivity index (χ2v) is 21.2. The molecule has 4 aliphatic rings. The lowest BCUT2D eigenvalue weighted by atomic mass is 9.57. The number of benzene rings is 1. The van der Waals surface area contributed by atoms with Crippen molar-refractivity contribution in [3.63, 3.8) is 0 Å². The Hall–Kier alpha value is -3.76. The first-order valence-corrected chi connectivity index (χ1v) is 24.2. The van der Waals surface area contributed by atoms with Gasteiger partial charge in [-0.15, -0.1) is 0 Å². The maximum Gasteiger partial charge on any atom is 0.408 e. The minimum Gasteiger partial charge on any atom is -0.497 e. The molecule has 3 amide bonds. The Morgan fingerprint density at radius 1 is 0.710 bits per heavy atom. The zero-order valence-electron chi connectivity index (χ0n) is 39.6. The van der Waals surface area contributed by atoms with Crippen molar-refractivity contribution in [1.82, 2.24) is 15.5 Å². The van der Waals surface area contributed by atoms with Crippen LogP contribution in [0.3, 0.4) is 0 Å². The van der Waals surface area contributed by atoms with Crippen LogP contribution in [0.25, 0.3) is 0 Å². The third-order valence-corrected chi connectivity index (χ3v) is 14.1. The van der Waals surface area contributed by atoms with Crippen molar-refractivity contribution in [2.75, 3.05) is 20.2 Å². The summed E-state index contributed by atoms with van der Waals surface area (Å²) < 4.78 is 22.2. The molecule has 0 aromatic heterocycles. The first kappa shape index (κ1) is 49.3. The number of alkyl carbamates (subject to hydrolysis) is 2. The number of methoxy groups -OCH3 is 1. The highest BCUT2D eigenvalue weighted by Crippen LogP contribution is 2.56. The molecule has 6 unspecified atom stereocenters. The van der Waals surface area contributed by atoms with Gasteiger partial charge in [0, 0.05) is 43.4 Å². The zero-order valence-corrected chi connectivity index (χ0v) is 39.6. The molecule has 0 bridgehead atoms. The Morgan fingerprint density at radius 3 is 2.16 bits per heavy atom. The molecule has 1 aromatic rings. The minimum absolute atomic E-state index is 0.0250. The van der Waals surface area contributed by atoms with Crippen molar-refractivity contribution in [3.05, 3.63) is 41.5 Å². The SMILES string of the molecule is COc1ccc(COC(=O)NC(C)(C)CCCCCCCN(CCC(C)(C)NC(=O)OC(C)(C)C)C(=O)CCCC(=O)OC2CCC3C(=CCC4C5CCCC5CCC34)C2)cc1. The number of rotatable bonds is 21. The topological polar surface area (TPSA) is 132 Å². The Kier molecular flexibility index (Phi) is 18.1. The second kappa shape index (κ2) is 22.7. The summed E-state index contributed by atoms with van der Waals surface area (Å²) in [5.41, 5.74) is 0.836. The maximum atomic E-state index is 13.7. The van der Waals surface area contributed by atoms with E-state index in [1.807, 2.05) is 77.6 Å². The molecule has 0 aliphatic heterocycles. The van der Waals surface area contributed by atoms with Crippen LogP contribution in [0.5, 0.6) is 5.75 Å². The van der Waals surface area contributed by atoms with Crippen LogP contribution in [0.4, 0.5) is 9.59 Å². The Labute approximate surface area is 373 Å². The van der Waals surface area contributed by atoms with Crippen LogP contribution in [0.1, 0.15) is 176 Å². The molecule has 3 saturated carbocycles. The maximum absolute atomic E-state index is 13.7. The van der Waals surface area contributed by atoms with Crippen molar-refractivity contribution in [3.8, 4) is 5.75 Å². The summed E-state index contributed by atoms with van der Waals surface area (Å²) in [6.07, 6.45) is 20.0. The molecular weight excluding hydrogens is 783 g/mol. The predicted octanol–water partition coefficient (Wildman–Crippen LogP) is 11.2. The third-order valence-electron chi connectivity index (χ3n) is 14.1. The van der Waals surface area contributed by atoms with Gasteiger partial charge in [0.2, 0.25) is 5.91 Å². The molecule has 11 heteroatoms. The van der Waals surface area contributed by atoms with Crippen molar-refractivity contribution in [2.45, 2.75) is 200 Å². The van der Waals surface area contributed by atoms with Crippen molar-refractivity contribution >= 4 is 24.1 Å². The lowest BCUT2D eigenvalue weighted by Crippen LogP contribution is -2.48. The highest BCUT2D eigenvalue weighted by atomic mass is 16.6. The van der Waals surface area contributed by atoms with E-state index in [4.69, 9.17) is 18.9 Å². The number of carbonyl (C=O) groups excluding carboxylic acids is 4. The van der Waals surface area contributed by atoms with E-state index in [9.17, 15) is 19.2 Å². The number of unbranched alkanes of at least 4 members (excludes halogenated alkanes) is 4. The molecule has 11 nitrogen and oxygen atoms in total. The molecule has 6 atom stereocenters. The summed E-state index contributed by atoms with van der Waals surface area (Å²) >= 11 is 0. The first-order chi connectivity index (χ1) is 29.4. The first-order valence-electron chi connectivity index (χ1n) is 24.2. The Balaban J connectivity index is 1.02. The number of esters is 1. The van der Waals surface area contributed by atoms with Gasteiger partial charge in [-0.3, -0.25) is 9.59 Å². The van der Waals surface area contributed by atoms with E-state index in [2.05, 4.69) is 16.7 Å². The number of ether oxygens (including phenoxy) is 4. The third kappa shape index (κ3) is 15.8. The predicted molar refractivity (Wildman–Crippen MR) is 244 cm³/mol. The Bertz CT molecular complexity index is 1650. The lowest BCUT2D eigenvalue weighted by molar-refractivity contribution is -0.150. The van der Waals surface area contributed by atoms with Gasteiger partial charge in [-0.2, -0.15) is 0 Å². The van der Waals surface area contributed by atoms with Gasteiger partial charge in [-0.1, -0.05) is 62.3 Å². The number of nitrogens with zero attached hydrogens (tertiary/aromatic N) is 1. The summed E-state index contributed by atoms with van der Waals surface area (Å²) in [7, 11) is 1.62. The number of hydrogen-bond acceptors (Lipinski definition) is 8. The van der Waals surface area contributed by atoms with Crippen LogP contribution in [0.2, 0.25) is 0 Å². The van der Waals surface area contributed by atoms with E-state index < -0.39 is 28.9 Å². The molecule has 1 aromatic carbocycles. The van der Waals surface area contributed by atoms with Gasteiger partial charge in [0.1, 0.15) is 24.1 Å². The van der Waals surface area contributed by atoms with Crippen molar-refractivity contribution in [1.29, 1.82) is 0 Å². The molecule has 4 aliphatic carbocycles. The van der Waals surface area contributed by atoms with Crippen LogP contribution in [-0.4, -0.2) is 71.9 Å². The van der Waals surface area contributed by atoms with Crippen molar-refractivity contribution < 1.29 is 38.1 Å². The number of allylic oxidation sites excluding steroid dienone is 1. The second-order valence-electron chi connectivity index (χ2n) is 21.2.